The summed E-state index contributed by atoms with van der Waals surface area (Å²) in [6.07, 6.45) is 5.39. The number of hydrogen-bond acceptors (Lipinski definition) is 5. The summed E-state index contributed by atoms with van der Waals surface area (Å²) in [4.78, 5) is 25.6. The molecule has 10 heteroatoms. The molecule has 1 aliphatic rings. The minimum Gasteiger partial charge on any atom is -0.490 e. The Morgan fingerprint density at radius 2 is 1.82 bits per heavy atom. The van der Waals surface area contributed by atoms with Gasteiger partial charge in [-0.1, -0.05) is 46.8 Å². The fraction of sp³-hybridized carbons (Fsp3) is 0.375. The molecule has 2 amide bonds. The average Bonchev–Trinajstić information content (AvgIpc) is 2.81. The number of carbonyl (C=O) groups excluding carboxylic acids is 2. The normalized spacial score (nSPS) is 13.7. The van der Waals surface area contributed by atoms with Gasteiger partial charge in [-0.25, -0.2) is 0 Å². The van der Waals surface area contributed by atoms with Gasteiger partial charge in [-0.2, -0.15) is 0 Å². The molecule has 2 aromatic carbocycles. The van der Waals surface area contributed by atoms with Gasteiger partial charge in [0.25, 0.3) is 11.8 Å². The van der Waals surface area contributed by atoms with Crippen molar-refractivity contribution >= 4 is 62.4 Å². The molecule has 3 rings (SSSR count). The average molecular weight is 569 g/mol. The molecule has 34 heavy (non-hydrogen) atoms. The summed E-state index contributed by atoms with van der Waals surface area (Å²) in [7, 11) is 1.57. The zero-order valence-electron chi connectivity index (χ0n) is 18.8. The van der Waals surface area contributed by atoms with E-state index in [0.29, 0.717) is 40.8 Å². The molecule has 0 saturated heterocycles. The number of amides is 2. The second-order valence-corrected chi connectivity index (χ2v) is 9.62. The van der Waals surface area contributed by atoms with Crippen molar-refractivity contribution in [2.75, 3.05) is 25.6 Å². The van der Waals surface area contributed by atoms with Gasteiger partial charge >= 0.3 is 0 Å². The maximum absolute atomic E-state index is 12.8. The molecule has 0 radical (unpaired) electrons. The summed E-state index contributed by atoms with van der Waals surface area (Å²) in [6.45, 7) is 0.696. The summed E-state index contributed by atoms with van der Waals surface area (Å²) in [6, 6.07) is 10.2. The van der Waals surface area contributed by atoms with Crippen molar-refractivity contribution in [1.82, 2.24) is 10.6 Å². The Bertz CT molecular complexity index is 1050. The van der Waals surface area contributed by atoms with Crippen LogP contribution >= 0.6 is 39.7 Å². The monoisotopic (exact) mass is 567 g/mol. The largest absolute Gasteiger partial charge is 0.490 e. The standard InChI is InChI=1S/C24H27BrClN3O4S/c1-32-11-12-33-21-10-7-15(25)13-19(21)23(31)29-24(34)28-17-8-9-20(26)18(14-17)22(30)27-16-5-3-2-4-6-16/h7-10,13-14,16H,2-6,11-12H2,1H3,(H,27,30)(H2,28,29,31,34). The molecule has 0 aliphatic heterocycles. The van der Waals surface area contributed by atoms with Gasteiger partial charge in [-0.05, 0) is 61.5 Å². The van der Waals surface area contributed by atoms with Gasteiger partial charge in [0.15, 0.2) is 5.11 Å². The van der Waals surface area contributed by atoms with Crippen LogP contribution in [-0.4, -0.2) is 43.3 Å². The van der Waals surface area contributed by atoms with Gasteiger partial charge in [-0.3, -0.25) is 14.9 Å². The third-order valence-electron chi connectivity index (χ3n) is 5.37. The Morgan fingerprint density at radius 1 is 1.06 bits per heavy atom. The number of thiocarbonyl (C=S) groups is 1. The molecule has 3 N–H and O–H groups in total. The van der Waals surface area contributed by atoms with Crippen LogP contribution in [0.25, 0.3) is 0 Å². The van der Waals surface area contributed by atoms with Crippen LogP contribution in [-0.2, 0) is 4.74 Å². The molecular formula is C24H27BrClN3O4S. The summed E-state index contributed by atoms with van der Waals surface area (Å²) < 4.78 is 11.4. The van der Waals surface area contributed by atoms with Crippen LogP contribution in [0.2, 0.25) is 5.02 Å². The Balaban J connectivity index is 1.64. The van der Waals surface area contributed by atoms with Crippen LogP contribution in [0.1, 0.15) is 52.8 Å². The summed E-state index contributed by atoms with van der Waals surface area (Å²) >= 11 is 15.0. The third kappa shape index (κ3) is 7.66. The zero-order valence-corrected chi connectivity index (χ0v) is 21.9. The molecule has 0 heterocycles. The van der Waals surface area contributed by atoms with Gasteiger partial charge in [0.05, 0.1) is 22.8 Å². The number of halogens is 2. The van der Waals surface area contributed by atoms with E-state index in [2.05, 4.69) is 31.9 Å². The first-order valence-corrected chi connectivity index (χ1v) is 12.6. The zero-order chi connectivity index (χ0) is 24.5. The molecule has 2 aromatic rings. The van der Waals surface area contributed by atoms with E-state index in [9.17, 15) is 9.59 Å². The van der Waals surface area contributed by atoms with Crippen molar-refractivity contribution < 1.29 is 19.1 Å². The second-order valence-electron chi connectivity index (χ2n) is 7.89. The van der Waals surface area contributed by atoms with E-state index in [1.807, 2.05) is 0 Å². The van der Waals surface area contributed by atoms with E-state index in [1.165, 1.54) is 6.42 Å². The van der Waals surface area contributed by atoms with Crippen LogP contribution in [0.3, 0.4) is 0 Å². The highest BCUT2D eigenvalue weighted by molar-refractivity contribution is 9.10. The molecule has 0 unspecified atom stereocenters. The molecule has 7 nitrogen and oxygen atoms in total. The number of ether oxygens (including phenoxy) is 2. The van der Waals surface area contributed by atoms with Crippen molar-refractivity contribution in [3.8, 4) is 5.75 Å². The topological polar surface area (TPSA) is 88.7 Å². The molecule has 1 aliphatic carbocycles. The van der Waals surface area contributed by atoms with E-state index in [0.717, 1.165) is 30.2 Å². The number of benzene rings is 2. The van der Waals surface area contributed by atoms with E-state index >= 15 is 0 Å². The molecule has 0 atom stereocenters. The molecule has 0 aromatic heterocycles. The van der Waals surface area contributed by atoms with Crippen LogP contribution < -0.4 is 20.7 Å². The van der Waals surface area contributed by atoms with Gasteiger partial charge in [0.1, 0.15) is 12.4 Å². The molecule has 1 fully saturated rings. The van der Waals surface area contributed by atoms with Crippen molar-refractivity contribution in [1.29, 1.82) is 0 Å². The first-order chi connectivity index (χ1) is 16.4. The Hall–Kier alpha value is -2.20. The Labute approximate surface area is 218 Å². The number of hydrogen-bond donors (Lipinski definition) is 3. The van der Waals surface area contributed by atoms with Gasteiger partial charge in [-0.15, -0.1) is 0 Å². The van der Waals surface area contributed by atoms with Crippen molar-refractivity contribution in [3.63, 3.8) is 0 Å². The van der Waals surface area contributed by atoms with Gasteiger partial charge in [0.2, 0.25) is 0 Å². The minimum absolute atomic E-state index is 0.0776. The fourth-order valence-corrected chi connectivity index (χ4v) is 4.44. The van der Waals surface area contributed by atoms with E-state index in [4.69, 9.17) is 33.3 Å². The van der Waals surface area contributed by atoms with Gasteiger partial charge in [0, 0.05) is 23.3 Å². The quantitative estimate of drug-likeness (QED) is 0.295. The minimum atomic E-state index is -0.435. The first kappa shape index (κ1) is 26.4. The predicted octanol–water partition coefficient (Wildman–Crippen LogP) is 5.32. The van der Waals surface area contributed by atoms with E-state index in [-0.39, 0.29) is 17.1 Å². The van der Waals surface area contributed by atoms with Crippen LogP contribution in [0, 0.1) is 0 Å². The predicted molar refractivity (Wildman–Crippen MR) is 141 cm³/mol. The number of rotatable bonds is 8. The number of anilines is 1. The SMILES string of the molecule is COCCOc1ccc(Br)cc1C(=O)NC(=S)Nc1ccc(Cl)c(C(=O)NC2CCCCC2)c1. The third-order valence-corrected chi connectivity index (χ3v) is 6.39. The summed E-state index contributed by atoms with van der Waals surface area (Å²) in [5.41, 5.74) is 1.21. The lowest BCUT2D eigenvalue weighted by atomic mass is 9.95. The van der Waals surface area contributed by atoms with Crippen LogP contribution in [0.4, 0.5) is 5.69 Å². The smallest absolute Gasteiger partial charge is 0.261 e. The van der Waals surface area contributed by atoms with Crippen molar-refractivity contribution in [3.05, 3.63) is 57.0 Å². The van der Waals surface area contributed by atoms with E-state index in [1.54, 1.807) is 43.5 Å². The maximum atomic E-state index is 12.8. The molecule has 1 saturated carbocycles. The molecule has 0 bridgehead atoms. The Kier molecular flexibility index (Phi) is 10.1. The lowest BCUT2D eigenvalue weighted by molar-refractivity contribution is 0.0926. The summed E-state index contributed by atoms with van der Waals surface area (Å²) in [5.74, 6) is -0.244. The molecule has 0 spiro atoms. The highest BCUT2D eigenvalue weighted by atomic mass is 79.9. The number of nitrogens with one attached hydrogen (secondary N) is 3. The fourth-order valence-electron chi connectivity index (χ4n) is 3.66. The number of carbonyl (C=O) groups is 2. The number of methoxy groups -OCH3 is 1. The van der Waals surface area contributed by atoms with Crippen molar-refractivity contribution in [2.45, 2.75) is 38.1 Å². The van der Waals surface area contributed by atoms with Crippen molar-refractivity contribution in [2.24, 2.45) is 0 Å². The van der Waals surface area contributed by atoms with E-state index < -0.39 is 5.91 Å². The lowest BCUT2D eigenvalue weighted by Crippen LogP contribution is -2.36. The molecular weight excluding hydrogens is 542 g/mol. The maximum Gasteiger partial charge on any atom is 0.261 e. The first-order valence-electron chi connectivity index (χ1n) is 11.0. The summed E-state index contributed by atoms with van der Waals surface area (Å²) in [5, 5.41) is 9.08. The lowest BCUT2D eigenvalue weighted by Gasteiger charge is -2.23. The second kappa shape index (κ2) is 13.0. The van der Waals surface area contributed by atoms with Crippen LogP contribution in [0.15, 0.2) is 40.9 Å². The highest BCUT2D eigenvalue weighted by Crippen LogP contribution is 2.25. The highest BCUT2D eigenvalue weighted by Gasteiger charge is 2.19. The Morgan fingerprint density at radius 3 is 2.56 bits per heavy atom. The van der Waals surface area contributed by atoms with Gasteiger partial charge < -0.3 is 20.1 Å². The van der Waals surface area contributed by atoms with Crippen LogP contribution in [0.5, 0.6) is 5.75 Å². The molecule has 182 valence electrons.